The molecule has 0 bridgehead atoms. The van der Waals surface area contributed by atoms with Crippen molar-refractivity contribution in [1.82, 2.24) is 39.4 Å². The van der Waals surface area contributed by atoms with Crippen LogP contribution < -0.4 is 36.0 Å². The van der Waals surface area contributed by atoms with Gasteiger partial charge in [0.15, 0.2) is 12.4 Å². The van der Waals surface area contributed by atoms with Gasteiger partial charge in [0.1, 0.15) is 5.02 Å². The molecule has 0 spiro atoms. The number of halogens is 3. The van der Waals surface area contributed by atoms with Crippen LogP contribution in [0.1, 0.15) is 51.1 Å². The van der Waals surface area contributed by atoms with E-state index in [1.807, 2.05) is 23.9 Å². The number of ether oxygens (including phenoxy) is 1. The summed E-state index contributed by atoms with van der Waals surface area (Å²) in [6, 6.07) is 10.8. The fourth-order valence-electron chi connectivity index (χ4n) is 9.99. The maximum Gasteiger partial charge on any atom is 0.301 e. The van der Waals surface area contributed by atoms with Crippen LogP contribution in [0.25, 0.3) is 21.8 Å². The van der Waals surface area contributed by atoms with E-state index in [4.69, 9.17) is 26.4 Å². The molecule has 5 aliphatic rings. The Labute approximate surface area is 367 Å². The predicted octanol–water partition coefficient (Wildman–Crippen LogP) is 5.03. The highest BCUT2D eigenvalue weighted by molar-refractivity contribution is 6.33. The Balaban J connectivity index is 0.805. The number of para-hydroxylation sites is 1. The molecule has 1 saturated carbocycles. The maximum absolute atomic E-state index is 15.2. The zero-order chi connectivity index (χ0) is 43.9. The van der Waals surface area contributed by atoms with Crippen molar-refractivity contribution >= 4 is 74.0 Å². The second kappa shape index (κ2) is 15.9. The lowest BCUT2D eigenvalue weighted by Gasteiger charge is -2.47. The molecule has 2 aromatic carbocycles. The second-order valence-electron chi connectivity index (χ2n) is 17.9. The van der Waals surface area contributed by atoms with Gasteiger partial charge in [-0.25, -0.2) is 13.8 Å². The number of rotatable bonds is 8. The third-order valence-corrected chi connectivity index (χ3v) is 13.8. The van der Waals surface area contributed by atoms with Gasteiger partial charge in [0.25, 0.3) is 5.56 Å². The number of pyridine rings is 1. The number of amides is 2. The van der Waals surface area contributed by atoms with Gasteiger partial charge in [-0.2, -0.15) is 10.1 Å². The topological polar surface area (TPSA) is 158 Å². The van der Waals surface area contributed by atoms with Gasteiger partial charge in [0, 0.05) is 88.3 Å². The molecule has 4 fully saturated rings. The van der Waals surface area contributed by atoms with E-state index < -0.39 is 30.0 Å². The van der Waals surface area contributed by atoms with Crippen molar-refractivity contribution in [2.45, 2.75) is 69.5 Å². The summed E-state index contributed by atoms with van der Waals surface area (Å²) in [6.07, 6.45) is 3.75. The normalized spacial score (nSPS) is 24.5. The van der Waals surface area contributed by atoms with E-state index in [9.17, 15) is 14.4 Å². The Morgan fingerprint density at radius 2 is 1.73 bits per heavy atom. The van der Waals surface area contributed by atoms with Gasteiger partial charge in [-0.05, 0) is 63.3 Å². The minimum absolute atomic E-state index is 0.112. The van der Waals surface area contributed by atoms with Crippen molar-refractivity contribution in [3.05, 3.63) is 63.7 Å². The monoisotopic (exact) mass is 884 g/mol. The molecular weight excluding hydrogens is 834 g/mol. The number of piperidine rings is 1. The Morgan fingerprint density at radius 3 is 2.46 bits per heavy atom. The number of hydrogen-bond donors (Lipinski definition) is 3. The van der Waals surface area contributed by atoms with E-state index in [1.54, 1.807) is 31.4 Å². The highest BCUT2D eigenvalue weighted by atomic mass is 35.5. The Morgan fingerprint density at radius 1 is 0.968 bits per heavy atom. The van der Waals surface area contributed by atoms with Gasteiger partial charge >= 0.3 is 5.92 Å². The third kappa shape index (κ3) is 7.58. The lowest BCUT2D eigenvalue weighted by atomic mass is 9.92. The molecular formula is C44H51ClF2N12O4. The first kappa shape index (κ1) is 41.4. The molecule has 1 unspecified atom stereocenters. The van der Waals surface area contributed by atoms with Crippen LogP contribution in [0.2, 0.25) is 5.02 Å². The standard InChI is InChI=1S/C44H51ClF2N12O4/c1-24-20-58(21-25(2)59(24)23-56-14-16-57(17-15-56)33-7-5-6-28-35(53-55(4)37(28)33)29-11-13-34(60)50-41(29)61)43-48-19-31(45)40(52-43)49-27-10-12-32-30(18-27)36-38(42(62)54(32)3)63-22-44(46,47)39(51-36)26-8-9-26/h5-7,10,12,18-19,24-26,29,39,51H,8-9,11,13-17,20-23H2,1-4H3,(H,48,49,52)(H,50,60,61)/t24-,25+,29?,39-/m0/s1. The van der Waals surface area contributed by atoms with Crippen LogP contribution >= 0.6 is 11.6 Å². The van der Waals surface area contributed by atoms with Gasteiger partial charge in [-0.15, -0.1) is 0 Å². The Bertz CT molecular complexity index is 2690. The molecule has 63 heavy (non-hydrogen) atoms. The van der Waals surface area contributed by atoms with Crippen LogP contribution in [0.5, 0.6) is 5.75 Å². The molecule has 7 heterocycles. The van der Waals surface area contributed by atoms with Crippen LogP contribution in [0, 0.1) is 5.92 Å². The number of alkyl halides is 2. The van der Waals surface area contributed by atoms with E-state index in [2.05, 4.69) is 60.4 Å². The molecule has 3 saturated heterocycles. The number of nitrogens with zero attached hydrogens (tertiary/aromatic N) is 9. The maximum atomic E-state index is 15.2. The number of anilines is 5. The number of carbonyl (C=O) groups is 2. The highest BCUT2D eigenvalue weighted by Gasteiger charge is 2.51. The fourth-order valence-corrected chi connectivity index (χ4v) is 10.1. The van der Waals surface area contributed by atoms with E-state index in [-0.39, 0.29) is 41.3 Å². The first-order valence-corrected chi connectivity index (χ1v) is 22.1. The lowest BCUT2D eigenvalue weighted by Crippen LogP contribution is -2.61. The molecule has 19 heteroatoms. The molecule has 1 aliphatic carbocycles. The number of fused-ring (bicyclic) bond motifs is 4. The lowest BCUT2D eigenvalue weighted by molar-refractivity contribution is -0.134. The largest absolute Gasteiger partial charge is 0.480 e. The smallest absolute Gasteiger partial charge is 0.301 e. The van der Waals surface area contributed by atoms with Crippen molar-refractivity contribution in [3.63, 3.8) is 0 Å². The molecule has 2 amide bonds. The van der Waals surface area contributed by atoms with Crippen LogP contribution in [0.4, 0.5) is 37.6 Å². The van der Waals surface area contributed by atoms with E-state index >= 15 is 8.78 Å². The fraction of sp³-hybridized carbons (Fsp3) is 0.500. The van der Waals surface area contributed by atoms with Crippen LogP contribution in [-0.2, 0) is 23.7 Å². The second-order valence-corrected chi connectivity index (χ2v) is 18.3. The number of aromatic nitrogens is 5. The number of benzene rings is 2. The molecule has 3 aromatic heterocycles. The minimum Gasteiger partial charge on any atom is -0.480 e. The molecule has 3 N–H and O–H groups in total. The van der Waals surface area contributed by atoms with Crippen LogP contribution in [0.15, 0.2) is 47.4 Å². The average Bonchev–Trinajstić information content (AvgIpc) is 4.06. The molecule has 10 rings (SSSR count). The highest BCUT2D eigenvalue weighted by Crippen LogP contribution is 2.46. The first-order chi connectivity index (χ1) is 30.2. The number of piperazine rings is 2. The summed E-state index contributed by atoms with van der Waals surface area (Å²) < 4.78 is 39.2. The third-order valence-electron chi connectivity index (χ3n) is 13.5. The molecule has 16 nitrogen and oxygen atoms in total. The summed E-state index contributed by atoms with van der Waals surface area (Å²) in [4.78, 5) is 57.0. The molecule has 0 radical (unpaired) electrons. The minimum atomic E-state index is -3.14. The summed E-state index contributed by atoms with van der Waals surface area (Å²) in [5.41, 5.74) is 3.78. The predicted molar refractivity (Wildman–Crippen MR) is 238 cm³/mol. The summed E-state index contributed by atoms with van der Waals surface area (Å²) in [7, 11) is 3.52. The summed E-state index contributed by atoms with van der Waals surface area (Å²) in [5.74, 6) is -3.46. The number of aryl methyl sites for hydroxylation is 2. The molecule has 5 aromatic rings. The zero-order valence-corrected chi connectivity index (χ0v) is 36.5. The van der Waals surface area contributed by atoms with Crippen LogP contribution in [0.3, 0.4) is 0 Å². The first-order valence-electron chi connectivity index (χ1n) is 21.7. The zero-order valence-electron chi connectivity index (χ0n) is 35.7. The van der Waals surface area contributed by atoms with Gasteiger partial charge in [0.2, 0.25) is 23.5 Å². The summed E-state index contributed by atoms with van der Waals surface area (Å²) in [6.45, 7) is 9.27. The van der Waals surface area contributed by atoms with Gasteiger partial charge in [0.05, 0.1) is 52.9 Å². The number of nitrogens with one attached hydrogen (secondary N) is 3. The summed E-state index contributed by atoms with van der Waals surface area (Å²) >= 11 is 6.68. The molecule has 4 atom stereocenters. The SMILES string of the molecule is C[C@@H]1CN(c2ncc(Cl)c(Nc3ccc4c(c3)c3c(c(=O)n4C)OCC(F)(F)[C@H](C4CC4)N3)n2)C[C@H](C)N1CN1CCN(c2cccc3c(C4CCC(=O)NC4=O)nn(C)c23)CC1. The number of imide groups is 1. The van der Waals surface area contributed by atoms with Crippen LogP contribution in [-0.4, -0.2) is 123 Å². The van der Waals surface area contributed by atoms with Crippen molar-refractivity contribution in [2.24, 2.45) is 20.0 Å². The summed E-state index contributed by atoms with van der Waals surface area (Å²) in [5, 5.41) is 15.5. The average molecular weight is 885 g/mol. The quantitative estimate of drug-likeness (QED) is 0.179. The van der Waals surface area contributed by atoms with Gasteiger partial charge < -0.3 is 29.7 Å². The van der Waals surface area contributed by atoms with Crippen molar-refractivity contribution in [2.75, 3.05) is 73.0 Å². The Kier molecular flexibility index (Phi) is 10.4. The van der Waals surface area contributed by atoms with E-state index in [0.717, 1.165) is 55.1 Å². The van der Waals surface area contributed by atoms with Gasteiger partial charge in [-0.3, -0.25) is 34.2 Å². The number of carbonyl (C=O) groups excluding carboxylic acids is 2. The van der Waals surface area contributed by atoms with Crippen molar-refractivity contribution in [1.29, 1.82) is 0 Å². The van der Waals surface area contributed by atoms with Crippen molar-refractivity contribution < 1.29 is 23.1 Å². The Hall–Kier alpha value is -5.59. The molecule has 4 aliphatic heterocycles. The van der Waals surface area contributed by atoms with E-state index in [0.29, 0.717) is 72.2 Å². The van der Waals surface area contributed by atoms with Gasteiger partial charge in [-0.1, -0.05) is 23.7 Å². The van der Waals surface area contributed by atoms with Crippen molar-refractivity contribution in [3.8, 4) is 5.75 Å². The van der Waals surface area contributed by atoms with E-state index in [1.165, 1.54) is 4.57 Å². The molecule has 332 valence electrons. The number of hydrogen-bond acceptors (Lipinski definition) is 13.